The summed E-state index contributed by atoms with van der Waals surface area (Å²) in [4.78, 5) is 13.3. The molecule has 2 N–H and O–H groups in total. The van der Waals surface area contributed by atoms with Gasteiger partial charge in [-0.25, -0.2) is 0 Å². The summed E-state index contributed by atoms with van der Waals surface area (Å²) in [6.07, 6.45) is 0. The maximum Gasteiger partial charge on any atom is 0.236 e. The predicted molar refractivity (Wildman–Crippen MR) is 56.4 cm³/mol. The van der Waals surface area contributed by atoms with E-state index in [1.165, 1.54) is 0 Å². The highest BCUT2D eigenvalue weighted by atomic mass is 16.3. The fourth-order valence-electron chi connectivity index (χ4n) is 1.69. The number of nitrogens with one attached hydrogen (secondary N) is 1. The molecule has 80 valence electrons. The number of piperazine rings is 1. The van der Waals surface area contributed by atoms with Gasteiger partial charge in [-0.1, -0.05) is 12.1 Å². The predicted octanol–water partition coefficient (Wildman–Crippen LogP) is 0.324. The summed E-state index contributed by atoms with van der Waals surface area (Å²) >= 11 is 0. The Bertz CT molecular complexity index is 365. The molecule has 4 heteroatoms. The van der Waals surface area contributed by atoms with Crippen LogP contribution in [0.1, 0.15) is 5.56 Å². The molecule has 0 aromatic heterocycles. The third-order valence-corrected chi connectivity index (χ3v) is 2.47. The molecule has 1 aromatic rings. The number of carbonyl (C=O) groups excluding carboxylic acids is 1. The Balaban J connectivity index is 2.04. The van der Waals surface area contributed by atoms with E-state index in [-0.39, 0.29) is 11.7 Å². The highest BCUT2D eigenvalue weighted by Gasteiger charge is 2.17. The van der Waals surface area contributed by atoms with Crippen molar-refractivity contribution in [3.8, 4) is 5.75 Å². The van der Waals surface area contributed by atoms with Crippen molar-refractivity contribution in [1.29, 1.82) is 0 Å². The molecule has 0 unspecified atom stereocenters. The molecule has 0 radical (unpaired) electrons. The van der Waals surface area contributed by atoms with Gasteiger partial charge in [-0.15, -0.1) is 0 Å². The number of aromatic hydroxyl groups is 1. The average Bonchev–Trinajstić information content (AvgIpc) is 2.22. The van der Waals surface area contributed by atoms with Crippen LogP contribution in [0.25, 0.3) is 0 Å². The quantitative estimate of drug-likeness (QED) is 0.733. The molecule has 1 saturated heterocycles. The van der Waals surface area contributed by atoms with Crippen molar-refractivity contribution in [3.63, 3.8) is 0 Å². The van der Waals surface area contributed by atoms with Gasteiger partial charge < -0.3 is 15.3 Å². The number of nitrogens with zero attached hydrogens (tertiary/aromatic N) is 1. The topological polar surface area (TPSA) is 52.6 Å². The molecular weight excluding hydrogens is 192 g/mol. The lowest BCUT2D eigenvalue weighted by atomic mass is 10.2. The van der Waals surface area contributed by atoms with E-state index in [2.05, 4.69) is 5.32 Å². The van der Waals surface area contributed by atoms with Crippen LogP contribution in [0.15, 0.2) is 24.3 Å². The van der Waals surface area contributed by atoms with Gasteiger partial charge in [0.1, 0.15) is 5.75 Å². The van der Waals surface area contributed by atoms with Crippen LogP contribution in [0, 0.1) is 0 Å². The lowest BCUT2D eigenvalue weighted by molar-refractivity contribution is -0.132. The van der Waals surface area contributed by atoms with Crippen molar-refractivity contribution in [3.05, 3.63) is 29.8 Å². The standard InChI is InChI=1S/C11H14N2O2/c14-10-3-1-2-9(6-10)8-13-5-4-12-7-11(13)15/h1-3,6,12,14H,4-5,7-8H2. The number of hydrogen-bond acceptors (Lipinski definition) is 3. The van der Waals surface area contributed by atoms with Crippen LogP contribution in [0.4, 0.5) is 0 Å². The summed E-state index contributed by atoms with van der Waals surface area (Å²) in [7, 11) is 0. The van der Waals surface area contributed by atoms with Crippen molar-refractivity contribution in [2.75, 3.05) is 19.6 Å². The van der Waals surface area contributed by atoms with Crippen LogP contribution in [0.3, 0.4) is 0 Å². The van der Waals surface area contributed by atoms with Gasteiger partial charge >= 0.3 is 0 Å². The van der Waals surface area contributed by atoms with E-state index in [9.17, 15) is 9.90 Å². The molecule has 0 spiro atoms. The average molecular weight is 206 g/mol. The number of benzene rings is 1. The number of rotatable bonds is 2. The second-order valence-electron chi connectivity index (χ2n) is 3.66. The van der Waals surface area contributed by atoms with E-state index in [1.54, 1.807) is 23.1 Å². The zero-order valence-electron chi connectivity index (χ0n) is 8.44. The van der Waals surface area contributed by atoms with Crippen molar-refractivity contribution in [2.24, 2.45) is 0 Å². The smallest absolute Gasteiger partial charge is 0.236 e. The lowest BCUT2D eigenvalue weighted by Gasteiger charge is -2.27. The Kier molecular flexibility index (Phi) is 2.87. The summed E-state index contributed by atoms with van der Waals surface area (Å²) < 4.78 is 0. The van der Waals surface area contributed by atoms with Gasteiger partial charge in [-0.05, 0) is 17.7 Å². The van der Waals surface area contributed by atoms with Crippen LogP contribution >= 0.6 is 0 Å². The summed E-state index contributed by atoms with van der Waals surface area (Å²) in [5.74, 6) is 0.361. The normalized spacial score (nSPS) is 16.8. The maximum atomic E-state index is 11.5. The number of phenols is 1. The first kappa shape index (κ1) is 9.98. The lowest BCUT2D eigenvalue weighted by Crippen LogP contribution is -2.47. The SMILES string of the molecule is O=C1CNCCN1Cc1cccc(O)c1. The van der Waals surface area contributed by atoms with Crippen LogP contribution in [0.5, 0.6) is 5.75 Å². The van der Waals surface area contributed by atoms with Crippen LogP contribution in [0.2, 0.25) is 0 Å². The van der Waals surface area contributed by atoms with E-state index in [1.807, 2.05) is 6.07 Å². The zero-order chi connectivity index (χ0) is 10.7. The number of phenolic OH excluding ortho intramolecular Hbond substituents is 1. The molecular formula is C11H14N2O2. The third kappa shape index (κ3) is 2.47. The Hall–Kier alpha value is -1.55. The molecule has 1 amide bonds. The molecule has 4 nitrogen and oxygen atoms in total. The Labute approximate surface area is 88.5 Å². The molecule has 0 bridgehead atoms. The number of hydrogen-bond donors (Lipinski definition) is 2. The van der Waals surface area contributed by atoms with Gasteiger partial charge in [0.2, 0.25) is 5.91 Å². The fourth-order valence-corrected chi connectivity index (χ4v) is 1.69. The molecule has 0 atom stereocenters. The largest absolute Gasteiger partial charge is 0.508 e. The van der Waals surface area contributed by atoms with Crippen LogP contribution in [-0.2, 0) is 11.3 Å². The van der Waals surface area contributed by atoms with Gasteiger partial charge in [0.25, 0.3) is 0 Å². The number of amides is 1. The van der Waals surface area contributed by atoms with Crippen molar-refractivity contribution in [2.45, 2.75) is 6.54 Å². The summed E-state index contributed by atoms with van der Waals surface area (Å²) in [5, 5.41) is 12.3. The fraction of sp³-hybridized carbons (Fsp3) is 0.364. The van der Waals surface area contributed by atoms with Crippen molar-refractivity contribution < 1.29 is 9.90 Å². The minimum atomic E-state index is 0.115. The molecule has 1 aliphatic rings. The second-order valence-corrected chi connectivity index (χ2v) is 3.66. The Morgan fingerprint density at radius 1 is 1.47 bits per heavy atom. The summed E-state index contributed by atoms with van der Waals surface area (Å²) in [5.41, 5.74) is 0.963. The molecule has 0 saturated carbocycles. The molecule has 0 aliphatic carbocycles. The van der Waals surface area contributed by atoms with Crippen molar-refractivity contribution >= 4 is 5.91 Å². The van der Waals surface area contributed by atoms with Gasteiger partial charge in [-0.3, -0.25) is 4.79 Å². The highest BCUT2D eigenvalue weighted by molar-refractivity contribution is 5.78. The second kappa shape index (κ2) is 4.31. The van der Waals surface area contributed by atoms with E-state index in [0.29, 0.717) is 13.1 Å². The number of carbonyl (C=O) groups is 1. The maximum absolute atomic E-state index is 11.5. The van der Waals surface area contributed by atoms with Crippen LogP contribution < -0.4 is 5.32 Å². The van der Waals surface area contributed by atoms with E-state index >= 15 is 0 Å². The first-order valence-electron chi connectivity index (χ1n) is 5.02. The third-order valence-electron chi connectivity index (χ3n) is 2.47. The minimum absolute atomic E-state index is 0.115. The molecule has 1 aromatic carbocycles. The molecule has 1 fully saturated rings. The van der Waals surface area contributed by atoms with Gasteiger partial charge in [0.05, 0.1) is 6.54 Å². The molecule has 2 rings (SSSR count). The van der Waals surface area contributed by atoms with Gasteiger partial charge in [0.15, 0.2) is 0 Å². The van der Waals surface area contributed by atoms with Crippen LogP contribution in [-0.4, -0.2) is 35.5 Å². The van der Waals surface area contributed by atoms with Crippen molar-refractivity contribution in [1.82, 2.24) is 10.2 Å². The summed E-state index contributed by atoms with van der Waals surface area (Å²) in [6.45, 7) is 2.56. The highest BCUT2D eigenvalue weighted by Crippen LogP contribution is 2.13. The van der Waals surface area contributed by atoms with Gasteiger partial charge in [0, 0.05) is 19.6 Å². The van der Waals surface area contributed by atoms with E-state index in [4.69, 9.17) is 0 Å². The zero-order valence-corrected chi connectivity index (χ0v) is 8.44. The molecule has 1 heterocycles. The van der Waals surface area contributed by atoms with E-state index in [0.717, 1.165) is 18.7 Å². The summed E-state index contributed by atoms with van der Waals surface area (Å²) in [6, 6.07) is 7.02. The minimum Gasteiger partial charge on any atom is -0.508 e. The van der Waals surface area contributed by atoms with Gasteiger partial charge in [-0.2, -0.15) is 0 Å². The first-order chi connectivity index (χ1) is 7.25. The first-order valence-corrected chi connectivity index (χ1v) is 5.02. The Morgan fingerprint density at radius 3 is 3.07 bits per heavy atom. The molecule has 15 heavy (non-hydrogen) atoms. The molecule has 1 aliphatic heterocycles. The Morgan fingerprint density at radius 2 is 2.33 bits per heavy atom. The van der Waals surface area contributed by atoms with E-state index < -0.39 is 0 Å². The monoisotopic (exact) mass is 206 g/mol.